The van der Waals surface area contributed by atoms with E-state index in [1.807, 2.05) is 4.68 Å². The fourth-order valence-corrected chi connectivity index (χ4v) is 3.39. The maximum absolute atomic E-state index is 13.9. The van der Waals surface area contributed by atoms with Crippen LogP contribution in [0.4, 0.5) is 4.39 Å². The third-order valence-electron chi connectivity index (χ3n) is 4.68. The summed E-state index contributed by atoms with van der Waals surface area (Å²) in [5.41, 5.74) is 2.92. The molecule has 1 atom stereocenters. The minimum Gasteiger partial charge on any atom is -0.353 e. The van der Waals surface area contributed by atoms with E-state index in [2.05, 4.69) is 35.7 Å². The van der Waals surface area contributed by atoms with Crippen molar-refractivity contribution in [1.29, 1.82) is 0 Å². The number of hydrogen-bond acceptors (Lipinski definition) is 2. The third-order valence-corrected chi connectivity index (χ3v) is 5.04. The molecule has 2 aromatic rings. The van der Waals surface area contributed by atoms with Crippen molar-refractivity contribution in [3.8, 4) is 0 Å². The molecule has 5 nitrogen and oxygen atoms in total. The number of hydrogen-bond donors (Lipinski definition) is 2. The van der Waals surface area contributed by atoms with Crippen LogP contribution in [-0.2, 0) is 19.4 Å². The van der Waals surface area contributed by atoms with E-state index in [9.17, 15) is 4.39 Å². The third kappa shape index (κ3) is 4.18. The van der Waals surface area contributed by atoms with Gasteiger partial charge in [0.2, 0.25) is 0 Å². The van der Waals surface area contributed by atoms with Crippen LogP contribution in [0.15, 0.2) is 29.4 Å². The van der Waals surface area contributed by atoms with E-state index in [0.29, 0.717) is 22.6 Å². The summed E-state index contributed by atoms with van der Waals surface area (Å²) in [5.74, 6) is 0.322. The average molecular weight is 378 g/mol. The van der Waals surface area contributed by atoms with Gasteiger partial charge in [-0.3, -0.25) is 9.67 Å². The van der Waals surface area contributed by atoms with E-state index >= 15 is 0 Å². The number of halogens is 2. The first-order chi connectivity index (χ1) is 12.5. The summed E-state index contributed by atoms with van der Waals surface area (Å²) in [6, 6.07) is 5.31. The van der Waals surface area contributed by atoms with Gasteiger partial charge in [-0.25, -0.2) is 4.39 Å². The van der Waals surface area contributed by atoms with Gasteiger partial charge in [-0.15, -0.1) is 0 Å². The zero-order valence-electron chi connectivity index (χ0n) is 15.4. The van der Waals surface area contributed by atoms with Crippen molar-refractivity contribution in [2.75, 3.05) is 7.05 Å². The molecule has 0 radical (unpaired) electrons. The Morgan fingerprint density at radius 3 is 2.96 bits per heavy atom. The van der Waals surface area contributed by atoms with Crippen molar-refractivity contribution in [2.24, 2.45) is 4.99 Å². The molecule has 2 N–H and O–H groups in total. The first kappa shape index (κ1) is 18.7. The monoisotopic (exact) mass is 377 g/mol. The average Bonchev–Trinajstić information content (AvgIpc) is 3.04. The standard InChI is InChI=1S/C19H25ClFN5/c1-12(2)26-11-13-7-8-14(9-18(13)25-26)24-19(22-3)23-10-15-16(20)5-4-6-17(15)21/h4-6,11-12,14H,7-10H2,1-3H3,(H2,22,23,24). The van der Waals surface area contributed by atoms with Gasteiger partial charge in [0.15, 0.2) is 5.96 Å². The number of nitrogens with one attached hydrogen (secondary N) is 2. The minimum atomic E-state index is -0.318. The van der Waals surface area contributed by atoms with Crippen LogP contribution < -0.4 is 10.6 Å². The van der Waals surface area contributed by atoms with E-state index in [-0.39, 0.29) is 18.4 Å². The van der Waals surface area contributed by atoms with Gasteiger partial charge in [-0.2, -0.15) is 5.10 Å². The van der Waals surface area contributed by atoms with Crippen LogP contribution >= 0.6 is 11.6 Å². The predicted molar refractivity (Wildman–Crippen MR) is 103 cm³/mol. The molecule has 0 saturated carbocycles. The maximum Gasteiger partial charge on any atom is 0.191 e. The number of aryl methyl sites for hydroxylation is 1. The van der Waals surface area contributed by atoms with E-state index in [1.54, 1.807) is 19.2 Å². The highest BCUT2D eigenvalue weighted by molar-refractivity contribution is 6.31. The highest BCUT2D eigenvalue weighted by Crippen LogP contribution is 2.22. The normalized spacial score (nSPS) is 17.3. The summed E-state index contributed by atoms with van der Waals surface area (Å²) in [7, 11) is 1.71. The molecule has 3 rings (SSSR count). The number of benzene rings is 1. The first-order valence-electron chi connectivity index (χ1n) is 8.95. The highest BCUT2D eigenvalue weighted by Gasteiger charge is 2.23. The minimum absolute atomic E-state index is 0.250. The Labute approximate surface area is 158 Å². The summed E-state index contributed by atoms with van der Waals surface area (Å²) >= 11 is 6.08. The molecule has 0 fully saturated rings. The lowest BCUT2D eigenvalue weighted by atomic mass is 9.94. The van der Waals surface area contributed by atoms with Gasteiger partial charge in [0.05, 0.1) is 5.69 Å². The molecule has 1 aromatic carbocycles. The van der Waals surface area contributed by atoms with Gasteiger partial charge in [-0.05, 0) is 44.4 Å². The molecule has 7 heteroatoms. The number of aromatic nitrogens is 2. The molecule has 1 aromatic heterocycles. The van der Waals surface area contributed by atoms with Crippen LogP contribution in [0.5, 0.6) is 0 Å². The number of guanidine groups is 1. The van der Waals surface area contributed by atoms with Gasteiger partial charge >= 0.3 is 0 Å². The Kier molecular flexibility index (Phi) is 5.81. The van der Waals surface area contributed by atoms with Crippen molar-refractivity contribution in [2.45, 2.75) is 51.7 Å². The van der Waals surface area contributed by atoms with E-state index in [1.165, 1.54) is 11.6 Å². The van der Waals surface area contributed by atoms with Gasteiger partial charge in [0.25, 0.3) is 0 Å². The molecule has 0 bridgehead atoms. The second kappa shape index (κ2) is 8.08. The molecule has 0 saturated heterocycles. The largest absolute Gasteiger partial charge is 0.353 e. The van der Waals surface area contributed by atoms with Gasteiger partial charge in [0.1, 0.15) is 5.82 Å². The Hall–Kier alpha value is -2.08. The molecule has 0 spiro atoms. The van der Waals surface area contributed by atoms with Gasteiger partial charge in [-0.1, -0.05) is 17.7 Å². The van der Waals surface area contributed by atoms with Crippen molar-refractivity contribution in [3.63, 3.8) is 0 Å². The molecule has 1 heterocycles. The summed E-state index contributed by atoms with van der Waals surface area (Å²) in [6.07, 6.45) is 5.02. The fourth-order valence-electron chi connectivity index (χ4n) is 3.16. The quantitative estimate of drug-likeness (QED) is 0.633. The summed E-state index contributed by atoms with van der Waals surface area (Å²) in [6.45, 7) is 4.55. The molecule has 26 heavy (non-hydrogen) atoms. The summed E-state index contributed by atoms with van der Waals surface area (Å²) < 4.78 is 15.9. The van der Waals surface area contributed by atoms with E-state index < -0.39 is 0 Å². The zero-order chi connectivity index (χ0) is 18.7. The van der Waals surface area contributed by atoms with Crippen LogP contribution in [0.2, 0.25) is 5.02 Å². The van der Waals surface area contributed by atoms with Crippen LogP contribution in [0, 0.1) is 5.82 Å². The second-order valence-electron chi connectivity index (χ2n) is 6.88. The van der Waals surface area contributed by atoms with Crippen molar-refractivity contribution < 1.29 is 4.39 Å². The van der Waals surface area contributed by atoms with Crippen molar-refractivity contribution in [3.05, 3.63) is 52.1 Å². The topological polar surface area (TPSA) is 54.2 Å². The fraction of sp³-hybridized carbons (Fsp3) is 0.474. The van der Waals surface area contributed by atoms with Gasteiger partial charge < -0.3 is 10.6 Å². The van der Waals surface area contributed by atoms with Crippen LogP contribution in [0.1, 0.15) is 43.1 Å². The molecule has 1 unspecified atom stereocenters. The summed E-state index contributed by atoms with van der Waals surface area (Å²) in [4.78, 5) is 4.25. The SMILES string of the molecule is CN=C(NCc1c(F)cccc1Cl)NC1CCc2cn(C(C)C)nc2C1. The number of fused-ring (bicyclic) bond motifs is 1. The summed E-state index contributed by atoms with van der Waals surface area (Å²) in [5, 5.41) is 11.7. The highest BCUT2D eigenvalue weighted by atomic mass is 35.5. The Morgan fingerprint density at radius 1 is 1.46 bits per heavy atom. The lowest BCUT2D eigenvalue weighted by molar-refractivity contribution is 0.499. The van der Waals surface area contributed by atoms with E-state index in [0.717, 1.165) is 25.0 Å². The smallest absolute Gasteiger partial charge is 0.191 e. The van der Waals surface area contributed by atoms with Gasteiger partial charge in [0, 0.05) is 48.9 Å². The molecule has 0 amide bonds. The molecular weight excluding hydrogens is 353 g/mol. The van der Waals surface area contributed by atoms with Crippen molar-refractivity contribution >= 4 is 17.6 Å². The Bertz CT molecular complexity index is 779. The Balaban J connectivity index is 1.60. The van der Waals surface area contributed by atoms with Crippen molar-refractivity contribution in [1.82, 2.24) is 20.4 Å². The van der Waals surface area contributed by atoms with E-state index in [4.69, 9.17) is 16.7 Å². The lowest BCUT2D eigenvalue weighted by Gasteiger charge is -2.24. The molecule has 140 valence electrons. The van der Waals surface area contributed by atoms with Crippen LogP contribution in [0.3, 0.4) is 0 Å². The lowest BCUT2D eigenvalue weighted by Crippen LogP contribution is -2.45. The van der Waals surface area contributed by atoms with Crippen LogP contribution in [-0.4, -0.2) is 28.8 Å². The second-order valence-corrected chi connectivity index (χ2v) is 7.29. The molecule has 0 aliphatic heterocycles. The number of aliphatic imine (C=N–C) groups is 1. The Morgan fingerprint density at radius 2 is 2.27 bits per heavy atom. The maximum atomic E-state index is 13.9. The molecular formula is C19H25ClFN5. The predicted octanol–water partition coefficient (Wildman–Crippen LogP) is 3.48. The number of nitrogens with zero attached hydrogens (tertiary/aromatic N) is 3. The number of rotatable bonds is 4. The molecule has 1 aliphatic carbocycles. The molecule has 1 aliphatic rings. The van der Waals surface area contributed by atoms with Crippen LogP contribution in [0.25, 0.3) is 0 Å². The zero-order valence-corrected chi connectivity index (χ0v) is 16.1. The first-order valence-corrected chi connectivity index (χ1v) is 9.32.